The van der Waals surface area contributed by atoms with Crippen LogP contribution in [0.4, 0.5) is 8.78 Å². The first-order valence-corrected chi connectivity index (χ1v) is 12.2. The van der Waals surface area contributed by atoms with Gasteiger partial charge in [0.05, 0.1) is 12.7 Å². The Kier molecular flexibility index (Phi) is 8.68. The molecule has 0 aromatic heterocycles. The molecule has 0 radical (unpaired) electrons. The third kappa shape index (κ3) is 5.95. The maximum Gasteiger partial charge on any atom is 0.223 e. The number of rotatable bonds is 8. The summed E-state index contributed by atoms with van der Waals surface area (Å²) in [6.07, 6.45) is 3.03. The molecule has 8 heteroatoms. The molecule has 0 heterocycles. The number of carbonyl (C=O) groups excluding carboxylic acids is 2. The number of carbonyl (C=O) groups is 2. The van der Waals surface area contributed by atoms with Crippen LogP contribution in [0.15, 0.2) is 18.2 Å². The summed E-state index contributed by atoms with van der Waals surface area (Å²) in [5, 5.41) is 17.3. The summed E-state index contributed by atoms with van der Waals surface area (Å²) >= 11 is 0. The van der Waals surface area contributed by atoms with Crippen molar-refractivity contribution in [2.45, 2.75) is 71.6 Å². The summed E-state index contributed by atoms with van der Waals surface area (Å²) in [6.45, 7) is 6.48. The van der Waals surface area contributed by atoms with Crippen LogP contribution < -0.4 is 10.6 Å². The van der Waals surface area contributed by atoms with Crippen LogP contribution in [0.2, 0.25) is 0 Å². The first-order valence-electron chi connectivity index (χ1n) is 12.2. The molecule has 2 saturated carbocycles. The number of hydrogen-bond donors (Lipinski definition) is 3. The predicted molar refractivity (Wildman–Crippen MR) is 125 cm³/mol. The first kappa shape index (κ1) is 26.5. The minimum absolute atomic E-state index is 0.0216. The fourth-order valence-corrected chi connectivity index (χ4v) is 6.23. The molecule has 2 amide bonds. The second-order valence-electron chi connectivity index (χ2n) is 10.5. The summed E-state index contributed by atoms with van der Waals surface area (Å²) in [6, 6.07) is 3.16. The number of aliphatic hydroxyl groups excluding tert-OH is 1. The second kappa shape index (κ2) is 11.1. The minimum atomic E-state index is -0.686. The van der Waals surface area contributed by atoms with Gasteiger partial charge in [0.2, 0.25) is 11.8 Å². The van der Waals surface area contributed by atoms with Crippen LogP contribution in [0.5, 0.6) is 0 Å². The van der Waals surface area contributed by atoms with E-state index in [0.717, 1.165) is 31.7 Å². The van der Waals surface area contributed by atoms with Crippen molar-refractivity contribution in [3.63, 3.8) is 0 Å². The SMILES string of the molecule is COCCC(=O)N[C@H]1CC[C@]2(C)CC[C@H]([C@H](C)C(=O)NCc3cc(F)cc(F)c3)[C@H](O)[C@H]2[C@@H]1C. The average molecular weight is 481 g/mol. The summed E-state index contributed by atoms with van der Waals surface area (Å²) in [7, 11) is 1.56. The number of hydrogen-bond acceptors (Lipinski definition) is 4. The van der Waals surface area contributed by atoms with Crippen molar-refractivity contribution in [2.75, 3.05) is 13.7 Å². The van der Waals surface area contributed by atoms with Gasteiger partial charge in [-0.25, -0.2) is 8.78 Å². The Bertz CT molecular complexity index is 862. The van der Waals surface area contributed by atoms with E-state index in [1.807, 2.05) is 0 Å². The zero-order valence-corrected chi connectivity index (χ0v) is 20.6. The molecule has 2 fully saturated rings. The Labute approximate surface area is 200 Å². The van der Waals surface area contributed by atoms with E-state index in [0.29, 0.717) is 18.6 Å². The summed E-state index contributed by atoms with van der Waals surface area (Å²) in [5.74, 6) is -2.33. The molecule has 0 saturated heterocycles. The van der Waals surface area contributed by atoms with Crippen molar-refractivity contribution >= 4 is 11.8 Å². The molecule has 3 N–H and O–H groups in total. The molecule has 190 valence electrons. The molecule has 2 aliphatic rings. The summed E-state index contributed by atoms with van der Waals surface area (Å²) < 4.78 is 31.9. The molecule has 6 nitrogen and oxygen atoms in total. The zero-order valence-electron chi connectivity index (χ0n) is 20.6. The van der Waals surface area contributed by atoms with Gasteiger partial charge in [-0.15, -0.1) is 0 Å². The molecule has 2 aliphatic carbocycles. The molecule has 34 heavy (non-hydrogen) atoms. The standard InChI is InChI=1S/C26H38F2N2O4/c1-15(25(33)29-14-17-11-18(27)13-19(28)12-17)20-5-8-26(3)9-6-21(16(2)23(26)24(20)32)30-22(31)7-10-34-4/h11-13,15-16,20-21,23-24,32H,5-10,14H2,1-4H3,(H,29,33)(H,30,31)/t15-,16+,20+,21-,23+,24-,26-/m0/s1. The van der Waals surface area contributed by atoms with Gasteiger partial charge in [-0.1, -0.05) is 20.8 Å². The molecule has 0 bridgehead atoms. The second-order valence-corrected chi connectivity index (χ2v) is 10.5. The van der Waals surface area contributed by atoms with Gasteiger partial charge in [-0.05, 0) is 66.5 Å². The van der Waals surface area contributed by atoms with E-state index in [2.05, 4.69) is 24.5 Å². The smallest absolute Gasteiger partial charge is 0.223 e. The van der Waals surface area contributed by atoms with Crippen molar-refractivity contribution in [2.24, 2.45) is 29.1 Å². The Morgan fingerprint density at radius 1 is 1.21 bits per heavy atom. The number of nitrogens with one attached hydrogen (secondary N) is 2. The van der Waals surface area contributed by atoms with Crippen LogP contribution >= 0.6 is 0 Å². The van der Waals surface area contributed by atoms with Gasteiger partial charge < -0.3 is 20.5 Å². The molecular formula is C26H38F2N2O4. The van der Waals surface area contributed by atoms with Gasteiger partial charge in [-0.2, -0.15) is 0 Å². The van der Waals surface area contributed by atoms with Crippen molar-refractivity contribution in [1.82, 2.24) is 10.6 Å². The monoisotopic (exact) mass is 480 g/mol. The quantitative estimate of drug-likeness (QED) is 0.531. The summed E-state index contributed by atoms with van der Waals surface area (Å²) in [5.41, 5.74) is 0.307. The Balaban J connectivity index is 1.65. The molecule has 7 atom stereocenters. The maximum atomic E-state index is 13.4. The van der Waals surface area contributed by atoms with Gasteiger partial charge in [-0.3, -0.25) is 9.59 Å². The number of aliphatic hydroxyl groups is 1. The normalized spacial score (nSPS) is 31.9. The predicted octanol–water partition coefficient (Wildman–Crippen LogP) is 3.56. The van der Waals surface area contributed by atoms with E-state index in [9.17, 15) is 23.5 Å². The number of fused-ring (bicyclic) bond motifs is 1. The molecule has 1 aromatic carbocycles. The lowest BCUT2D eigenvalue weighted by Crippen LogP contribution is -2.58. The van der Waals surface area contributed by atoms with Crippen molar-refractivity contribution < 1.29 is 28.2 Å². The molecule has 1 aromatic rings. The Morgan fingerprint density at radius 3 is 2.50 bits per heavy atom. The van der Waals surface area contributed by atoms with E-state index in [1.165, 1.54) is 12.1 Å². The first-order chi connectivity index (χ1) is 16.1. The van der Waals surface area contributed by atoms with Crippen molar-refractivity contribution in [1.29, 1.82) is 0 Å². The highest BCUT2D eigenvalue weighted by Gasteiger charge is 2.53. The highest BCUT2D eigenvalue weighted by molar-refractivity contribution is 5.78. The molecule has 0 spiro atoms. The fraction of sp³-hybridized carbons (Fsp3) is 0.692. The van der Waals surface area contributed by atoms with Gasteiger partial charge in [0.15, 0.2) is 0 Å². The summed E-state index contributed by atoms with van der Waals surface area (Å²) in [4.78, 5) is 25.2. The fourth-order valence-electron chi connectivity index (χ4n) is 6.23. The molecule has 3 rings (SSSR count). The van der Waals surface area contributed by atoms with Gasteiger partial charge in [0.25, 0.3) is 0 Å². The highest BCUT2D eigenvalue weighted by Crippen LogP contribution is 2.55. The molecule has 0 unspecified atom stereocenters. The van der Waals surface area contributed by atoms with Crippen molar-refractivity contribution in [3.8, 4) is 0 Å². The lowest BCUT2D eigenvalue weighted by molar-refractivity contribution is -0.144. The third-order valence-corrected chi connectivity index (χ3v) is 8.21. The van der Waals surface area contributed by atoms with Crippen molar-refractivity contribution in [3.05, 3.63) is 35.4 Å². The largest absolute Gasteiger partial charge is 0.392 e. The van der Waals surface area contributed by atoms with Crippen LogP contribution in [0, 0.1) is 40.7 Å². The van der Waals surface area contributed by atoms with Crippen LogP contribution in [0.1, 0.15) is 58.4 Å². The van der Waals surface area contributed by atoms with E-state index in [-0.39, 0.29) is 47.6 Å². The van der Waals surface area contributed by atoms with Gasteiger partial charge in [0.1, 0.15) is 11.6 Å². The Hall–Kier alpha value is -2.06. The van der Waals surface area contributed by atoms with Crippen LogP contribution in [0.25, 0.3) is 0 Å². The van der Waals surface area contributed by atoms with Crippen LogP contribution in [-0.2, 0) is 20.9 Å². The Morgan fingerprint density at radius 2 is 1.85 bits per heavy atom. The molecular weight excluding hydrogens is 442 g/mol. The number of methoxy groups -OCH3 is 1. The van der Waals surface area contributed by atoms with Crippen LogP contribution in [0.3, 0.4) is 0 Å². The van der Waals surface area contributed by atoms with Gasteiger partial charge in [0, 0.05) is 38.1 Å². The van der Waals surface area contributed by atoms with E-state index >= 15 is 0 Å². The minimum Gasteiger partial charge on any atom is -0.392 e. The lowest BCUT2D eigenvalue weighted by atomic mass is 9.51. The zero-order chi connectivity index (χ0) is 25.0. The number of halogens is 2. The topological polar surface area (TPSA) is 87.7 Å². The average Bonchev–Trinajstić information content (AvgIpc) is 2.77. The van der Waals surface area contributed by atoms with E-state index < -0.39 is 23.7 Å². The lowest BCUT2D eigenvalue weighted by Gasteiger charge is -2.56. The number of amides is 2. The maximum absolute atomic E-state index is 13.4. The van der Waals surface area contributed by atoms with Gasteiger partial charge >= 0.3 is 0 Å². The van der Waals surface area contributed by atoms with E-state index in [4.69, 9.17) is 4.74 Å². The van der Waals surface area contributed by atoms with E-state index in [1.54, 1.807) is 14.0 Å². The van der Waals surface area contributed by atoms with Crippen LogP contribution in [-0.4, -0.2) is 42.8 Å². The highest BCUT2D eigenvalue weighted by atomic mass is 19.1. The molecule has 0 aliphatic heterocycles. The number of benzene rings is 1. The number of ether oxygens (including phenoxy) is 1. The third-order valence-electron chi connectivity index (χ3n) is 8.21.